The Morgan fingerprint density at radius 2 is 1.69 bits per heavy atom. The molecule has 0 saturated carbocycles. The Bertz CT molecular complexity index is 96.3. The maximum Gasteiger partial charge on any atom is 0.159 e. The summed E-state index contributed by atoms with van der Waals surface area (Å²) >= 11 is 0. The molecular weight excluding hydrogens is 172 g/mol. The smallest absolute Gasteiger partial charge is 0.159 e. The van der Waals surface area contributed by atoms with Gasteiger partial charge in [0.2, 0.25) is 0 Å². The van der Waals surface area contributed by atoms with Crippen molar-refractivity contribution in [1.29, 1.82) is 0 Å². The average molecular weight is 194 g/mol. The number of aliphatic hydroxyl groups is 2. The molecule has 0 aliphatic rings. The minimum Gasteiger partial charge on any atom is -0.368 e. The van der Waals surface area contributed by atoms with Crippen LogP contribution in [0.4, 0.5) is 0 Å². The van der Waals surface area contributed by atoms with Crippen molar-refractivity contribution in [2.75, 3.05) is 13.2 Å². The molecule has 4 nitrogen and oxygen atoms in total. The van der Waals surface area contributed by atoms with Crippen molar-refractivity contribution < 1.29 is 19.7 Å². The van der Waals surface area contributed by atoms with E-state index in [1.807, 2.05) is 13.8 Å². The minimum absolute atomic E-state index is 0.559. The summed E-state index contributed by atoms with van der Waals surface area (Å²) in [6, 6.07) is 0. The molecule has 0 aromatic rings. The van der Waals surface area contributed by atoms with Crippen LogP contribution in [0.1, 0.15) is 34.6 Å². The first-order valence-corrected chi connectivity index (χ1v) is 4.49. The van der Waals surface area contributed by atoms with Crippen LogP contribution in [0.2, 0.25) is 0 Å². The van der Waals surface area contributed by atoms with Gasteiger partial charge in [-0.15, -0.1) is 0 Å². The number of rotatable bonds is 4. The lowest BCUT2D eigenvalue weighted by Gasteiger charge is -2.15. The Balaban J connectivity index is 0. The van der Waals surface area contributed by atoms with E-state index in [-0.39, 0.29) is 0 Å². The maximum absolute atomic E-state index is 8.80. The standard InChI is InChI=1S/C5H12O2.C4H10O2/c1-4-7-5(2,3)6;1-3-6-4(2)5/h6H,4H2,1-3H3;4-5H,3H2,1-2H3. The highest BCUT2D eigenvalue weighted by molar-refractivity contribution is 4.44. The molecule has 1 unspecified atom stereocenters. The molecule has 0 spiro atoms. The summed E-state index contributed by atoms with van der Waals surface area (Å²) in [6.45, 7) is 9.63. The van der Waals surface area contributed by atoms with Crippen LogP contribution in [0, 0.1) is 0 Å². The molecule has 13 heavy (non-hydrogen) atoms. The molecule has 4 heteroatoms. The van der Waals surface area contributed by atoms with Crippen LogP contribution in [-0.4, -0.2) is 35.5 Å². The van der Waals surface area contributed by atoms with Crippen molar-refractivity contribution >= 4 is 0 Å². The Morgan fingerprint density at radius 3 is 1.69 bits per heavy atom. The van der Waals surface area contributed by atoms with E-state index in [2.05, 4.69) is 4.74 Å². The van der Waals surface area contributed by atoms with Gasteiger partial charge in [-0.1, -0.05) is 0 Å². The molecule has 0 bridgehead atoms. The highest BCUT2D eigenvalue weighted by Crippen LogP contribution is 2.00. The Kier molecular flexibility index (Phi) is 9.94. The lowest BCUT2D eigenvalue weighted by Crippen LogP contribution is -2.22. The van der Waals surface area contributed by atoms with Gasteiger partial charge in [-0.25, -0.2) is 0 Å². The zero-order valence-corrected chi connectivity index (χ0v) is 9.20. The van der Waals surface area contributed by atoms with Gasteiger partial charge in [-0.05, 0) is 34.6 Å². The third-order valence-electron chi connectivity index (χ3n) is 0.905. The molecule has 82 valence electrons. The fraction of sp³-hybridized carbons (Fsp3) is 1.00. The molecular formula is C9H22O4. The molecule has 1 atom stereocenters. The number of ether oxygens (including phenoxy) is 2. The Hall–Kier alpha value is -0.160. The molecule has 0 rings (SSSR count). The zero-order chi connectivity index (χ0) is 10.9. The van der Waals surface area contributed by atoms with E-state index >= 15 is 0 Å². The van der Waals surface area contributed by atoms with Crippen LogP contribution < -0.4 is 0 Å². The second-order valence-electron chi connectivity index (χ2n) is 2.93. The second-order valence-corrected chi connectivity index (χ2v) is 2.93. The van der Waals surface area contributed by atoms with Crippen molar-refractivity contribution in [1.82, 2.24) is 0 Å². The summed E-state index contributed by atoms with van der Waals surface area (Å²) in [5.74, 6) is -0.950. The molecule has 0 aromatic heterocycles. The maximum atomic E-state index is 8.80. The minimum atomic E-state index is -0.950. The van der Waals surface area contributed by atoms with Crippen LogP contribution in [0.5, 0.6) is 0 Å². The molecule has 0 aromatic carbocycles. The first-order chi connectivity index (χ1) is 5.83. The van der Waals surface area contributed by atoms with Gasteiger partial charge in [-0.3, -0.25) is 0 Å². The summed E-state index contributed by atoms with van der Waals surface area (Å²) < 4.78 is 9.38. The van der Waals surface area contributed by atoms with Gasteiger partial charge in [0.05, 0.1) is 0 Å². The third kappa shape index (κ3) is 24.5. The van der Waals surface area contributed by atoms with Gasteiger partial charge in [-0.2, -0.15) is 0 Å². The number of hydrogen-bond acceptors (Lipinski definition) is 4. The molecule has 0 saturated heterocycles. The van der Waals surface area contributed by atoms with E-state index in [4.69, 9.17) is 14.9 Å². The fourth-order valence-electron chi connectivity index (χ4n) is 0.594. The van der Waals surface area contributed by atoms with E-state index in [0.717, 1.165) is 0 Å². The van der Waals surface area contributed by atoms with Crippen LogP contribution in [-0.2, 0) is 9.47 Å². The Morgan fingerprint density at radius 1 is 1.23 bits per heavy atom. The van der Waals surface area contributed by atoms with Crippen LogP contribution in [0.25, 0.3) is 0 Å². The topological polar surface area (TPSA) is 58.9 Å². The summed E-state index contributed by atoms with van der Waals surface area (Å²) in [4.78, 5) is 0. The summed E-state index contributed by atoms with van der Waals surface area (Å²) in [6.07, 6.45) is -0.602. The van der Waals surface area contributed by atoms with Gasteiger partial charge in [0.25, 0.3) is 0 Å². The van der Waals surface area contributed by atoms with Crippen molar-refractivity contribution in [3.63, 3.8) is 0 Å². The van der Waals surface area contributed by atoms with Crippen molar-refractivity contribution in [3.8, 4) is 0 Å². The molecule has 0 amide bonds. The van der Waals surface area contributed by atoms with E-state index in [9.17, 15) is 0 Å². The van der Waals surface area contributed by atoms with E-state index in [1.54, 1.807) is 20.8 Å². The van der Waals surface area contributed by atoms with Gasteiger partial charge in [0.15, 0.2) is 12.1 Å². The van der Waals surface area contributed by atoms with E-state index < -0.39 is 12.1 Å². The van der Waals surface area contributed by atoms with E-state index in [1.165, 1.54) is 0 Å². The summed E-state index contributed by atoms with van der Waals surface area (Å²) in [7, 11) is 0. The highest BCUT2D eigenvalue weighted by atomic mass is 16.6. The molecule has 2 N–H and O–H groups in total. The molecule has 0 radical (unpaired) electrons. The van der Waals surface area contributed by atoms with Crippen LogP contribution in [0.3, 0.4) is 0 Å². The number of aliphatic hydroxyl groups excluding tert-OH is 1. The highest BCUT2D eigenvalue weighted by Gasteiger charge is 2.08. The zero-order valence-electron chi connectivity index (χ0n) is 9.20. The van der Waals surface area contributed by atoms with Crippen molar-refractivity contribution in [3.05, 3.63) is 0 Å². The summed E-state index contributed by atoms with van der Waals surface area (Å²) in [5, 5.41) is 17.1. The quantitative estimate of drug-likeness (QED) is 0.658. The fourth-order valence-corrected chi connectivity index (χ4v) is 0.594. The molecule has 0 heterocycles. The predicted octanol–water partition coefficient (Wildman–Crippen LogP) is 1.11. The SMILES string of the molecule is CCOC(C)(C)O.CCOC(C)O. The van der Waals surface area contributed by atoms with E-state index in [0.29, 0.717) is 13.2 Å². The van der Waals surface area contributed by atoms with Crippen molar-refractivity contribution in [2.45, 2.75) is 46.7 Å². The third-order valence-corrected chi connectivity index (χ3v) is 0.905. The van der Waals surface area contributed by atoms with Gasteiger partial charge < -0.3 is 19.7 Å². The Labute approximate surface area is 80.5 Å². The summed E-state index contributed by atoms with van der Waals surface area (Å²) in [5.41, 5.74) is 0. The second kappa shape index (κ2) is 8.44. The lowest BCUT2D eigenvalue weighted by atomic mass is 10.4. The van der Waals surface area contributed by atoms with Crippen LogP contribution in [0.15, 0.2) is 0 Å². The number of hydrogen-bond donors (Lipinski definition) is 2. The predicted molar refractivity (Wildman–Crippen MR) is 51.2 cm³/mol. The monoisotopic (exact) mass is 194 g/mol. The van der Waals surface area contributed by atoms with Gasteiger partial charge in [0, 0.05) is 13.2 Å². The van der Waals surface area contributed by atoms with Crippen molar-refractivity contribution in [2.24, 2.45) is 0 Å². The van der Waals surface area contributed by atoms with Gasteiger partial charge in [0.1, 0.15) is 0 Å². The lowest BCUT2D eigenvalue weighted by molar-refractivity contribution is -0.172. The van der Waals surface area contributed by atoms with Crippen LogP contribution >= 0.6 is 0 Å². The molecule has 0 fully saturated rings. The van der Waals surface area contributed by atoms with Gasteiger partial charge >= 0.3 is 0 Å². The first-order valence-electron chi connectivity index (χ1n) is 4.49. The average Bonchev–Trinajstić information content (AvgIpc) is 1.84. The molecule has 0 aliphatic carbocycles. The normalized spacial score (nSPS) is 13.2. The first kappa shape index (κ1) is 15.3. The largest absolute Gasteiger partial charge is 0.368 e. The molecule has 0 aliphatic heterocycles.